The van der Waals surface area contributed by atoms with Gasteiger partial charge in [0.2, 0.25) is 87.5 Å². The molecule has 690 valence electrons. The van der Waals surface area contributed by atoms with Gasteiger partial charge in [0.1, 0.15) is 64.1 Å². The van der Waals surface area contributed by atoms with E-state index < -0.39 is 124 Å². The van der Waals surface area contributed by atoms with Crippen LogP contribution in [0.15, 0.2) is 166 Å². The molecule has 4 unspecified atom stereocenters. The van der Waals surface area contributed by atoms with E-state index in [2.05, 4.69) is 82.4 Å². The molecule has 20 rings (SSSR count). The number of sulfonamides is 4. The highest BCUT2D eigenvalue weighted by atomic mass is 32.2. The lowest BCUT2D eigenvalue weighted by Crippen LogP contribution is -2.58. The van der Waals surface area contributed by atoms with Crippen molar-refractivity contribution in [1.29, 1.82) is 0 Å². The molecule has 0 radical (unpaired) electrons. The van der Waals surface area contributed by atoms with Crippen molar-refractivity contribution < 1.29 is 83.6 Å². The van der Waals surface area contributed by atoms with E-state index in [-0.39, 0.29) is 66.5 Å². The number of carbonyl (C=O) groups is 4. The normalized spacial score (nSPS) is 20.2. The molecule has 4 aliphatic heterocycles. The van der Waals surface area contributed by atoms with Gasteiger partial charge in [-0.1, -0.05) is 77.0 Å². The van der Waals surface area contributed by atoms with Gasteiger partial charge in [0.15, 0.2) is 6.04 Å². The largest absolute Gasteiger partial charge is 0.414 e. The number of hydrogen-bond acceptors (Lipinski definition) is 24. The summed E-state index contributed by atoms with van der Waals surface area (Å²) < 4.78 is 195. The average Bonchev–Trinajstić information content (AvgIpc) is 1.58. The van der Waals surface area contributed by atoms with Crippen LogP contribution in [0.2, 0.25) is 0 Å². The van der Waals surface area contributed by atoms with E-state index in [0.29, 0.717) is 119 Å². The number of rotatable bonds is 15. The van der Waals surface area contributed by atoms with Crippen LogP contribution in [0, 0.1) is 0 Å². The number of nitrogens with one attached hydrogen (secondary N) is 8. The minimum absolute atomic E-state index is 0.00240. The van der Waals surface area contributed by atoms with Gasteiger partial charge in [-0.2, -0.15) is 33.1 Å². The number of nitrogens with two attached hydrogens (primary N) is 4. The van der Waals surface area contributed by atoms with Gasteiger partial charge in [0.05, 0.1) is 37.4 Å². The lowest BCUT2D eigenvalue weighted by molar-refractivity contribution is -0.173. The van der Waals surface area contributed by atoms with Gasteiger partial charge in [-0.25, -0.2) is 91.7 Å². The summed E-state index contributed by atoms with van der Waals surface area (Å²) in [7, 11) is -15.2. The second-order valence-electron chi connectivity index (χ2n) is 33.7. The molecule has 8 aromatic heterocycles. The summed E-state index contributed by atoms with van der Waals surface area (Å²) in [6.07, 6.45) is 14.2. The van der Waals surface area contributed by atoms with Crippen LogP contribution in [0.25, 0.3) is 44.1 Å². The van der Waals surface area contributed by atoms with Gasteiger partial charge in [-0.05, 0) is 173 Å². The number of alkyl halides is 7. The zero-order valence-electron chi connectivity index (χ0n) is 69.7. The maximum Gasteiger partial charge on any atom is 0.414 e. The van der Waals surface area contributed by atoms with Gasteiger partial charge in [-0.15, -0.1) is 0 Å². The van der Waals surface area contributed by atoms with E-state index in [4.69, 9.17) is 20.6 Å². The second-order valence-corrected chi connectivity index (χ2v) is 40.0. The van der Waals surface area contributed by atoms with Crippen LogP contribution in [0.3, 0.4) is 0 Å². The van der Waals surface area contributed by atoms with Crippen molar-refractivity contribution in [3.8, 4) is 0 Å². The van der Waals surface area contributed by atoms with Crippen LogP contribution >= 0.6 is 0 Å². The summed E-state index contributed by atoms with van der Waals surface area (Å²) >= 11 is 0. The predicted octanol–water partition coefficient (Wildman–Crippen LogP) is 11.4. The quantitative estimate of drug-likeness (QED) is 0.0424. The molecule has 8 aliphatic rings. The predicted molar refractivity (Wildman–Crippen MR) is 466 cm³/mol. The first-order valence-corrected chi connectivity index (χ1v) is 48.4. The topological polar surface area (TPSA) is 528 Å². The molecule has 4 aliphatic carbocycles. The summed E-state index contributed by atoms with van der Waals surface area (Å²) in [5.74, 6) is -0.496. The van der Waals surface area contributed by atoms with Crippen molar-refractivity contribution in [2.24, 2.45) is 20.6 Å². The fraction of sp³-hybridized carbons (Fsp3) is 0.381. The molecule has 131 heavy (non-hydrogen) atoms. The fourth-order valence-electron chi connectivity index (χ4n) is 19.3. The summed E-state index contributed by atoms with van der Waals surface area (Å²) in [5, 5.41) is 45.4. The van der Waals surface area contributed by atoms with E-state index in [0.717, 1.165) is 87.8 Å². The third-order valence-electron chi connectivity index (χ3n) is 25.5. The first-order valence-electron chi connectivity index (χ1n) is 42.2. The van der Waals surface area contributed by atoms with Crippen LogP contribution in [0.4, 0.5) is 77.3 Å². The van der Waals surface area contributed by atoms with Crippen LogP contribution in [-0.2, 0) is 81.4 Å². The molecule has 36 nitrogen and oxygen atoms in total. The zero-order valence-corrected chi connectivity index (χ0v) is 72.9. The van der Waals surface area contributed by atoms with Crippen molar-refractivity contribution in [1.82, 2.24) is 79.4 Å². The SMILES string of the molecule is NS(=O)(=O)c1ccc(Nc2ncc3cc4n(c3n2)C2(CCCCC2)C(=O)NC4C(F)(F)F)cc1.NS(=O)(=O)c1ccc(Nc2ncc3cc4n(c3n2)C2(CCCCC2)C(=O)NC4C(F)F)cc1.NS(=O)(=O)c1ccc(Nc2ncc3cc4n(c3n2)C2(CCCCC2)C(=O)NC4CF)cc1.NS(=O)(=O)c1ccc(Nc2ncc3cc4n(c3n2)C2(CCCCC2)C(=O)NC4CF)cc1. The maximum atomic E-state index is 13.8. The molecule has 4 saturated carbocycles. The number of carbonyl (C=O) groups excluding carboxylic acids is 4. The van der Waals surface area contributed by atoms with Gasteiger partial charge >= 0.3 is 6.18 Å². The van der Waals surface area contributed by atoms with Crippen molar-refractivity contribution in [2.75, 3.05) is 34.6 Å². The van der Waals surface area contributed by atoms with E-state index in [9.17, 15) is 83.6 Å². The molecule has 0 bridgehead atoms. The Kier molecular flexibility index (Phi) is 24.0. The summed E-state index contributed by atoms with van der Waals surface area (Å²) in [6.45, 7) is -1.40. The Balaban J connectivity index is 0.000000122. The van der Waals surface area contributed by atoms with E-state index in [1.54, 1.807) is 47.3 Å². The van der Waals surface area contributed by atoms with Crippen LogP contribution in [0.5, 0.6) is 0 Å². The second kappa shape index (κ2) is 34.7. The summed E-state index contributed by atoms with van der Waals surface area (Å²) in [4.78, 5) is 87.8. The number of aromatic nitrogens is 12. The van der Waals surface area contributed by atoms with Crippen LogP contribution in [-0.4, -0.2) is 141 Å². The first kappa shape index (κ1) is 90.5. The van der Waals surface area contributed by atoms with E-state index in [1.165, 1.54) is 95.8 Å². The summed E-state index contributed by atoms with van der Waals surface area (Å²) in [5.41, 5.74) is 1.95. The number of anilines is 8. The van der Waals surface area contributed by atoms with Crippen molar-refractivity contribution in [3.63, 3.8) is 0 Å². The molecule has 12 heterocycles. The fourth-order valence-corrected chi connectivity index (χ4v) is 21.4. The van der Waals surface area contributed by atoms with Crippen molar-refractivity contribution >= 4 is 154 Å². The Labute approximate surface area is 744 Å². The van der Waals surface area contributed by atoms with Gasteiger partial charge < -0.3 is 60.8 Å². The van der Waals surface area contributed by atoms with Gasteiger partial charge in [0, 0.05) is 86.2 Å². The Morgan fingerprint density at radius 1 is 0.359 bits per heavy atom. The molecular weight excluding hydrogens is 1800 g/mol. The highest BCUT2D eigenvalue weighted by molar-refractivity contribution is 7.90. The molecule has 47 heteroatoms. The zero-order chi connectivity index (χ0) is 92.7. The molecule has 16 N–H and O–H groups in total. The van der Waals surface area contributed by atoms with Crippen LogP contribution < -0.4 is 63.1 Å². The third kappa shape index (κ3) is 17.3. The molecule has 4 fully saturated rings. The first-order chi connectivity index (χ1) is 62.3. The maximum absolute atomic E-state index is 13.8. The van der Waals surface area contributed by atoms with Crippen LogP contribution in [0.1, 0.15) is 175 Å². The monoisotopic (exact) mass is 1890 g/mol. The number of amides is 4. The number of benzene rings is 4. The Bertz CT molecular complexity index is 6760. The van der Waals surface area contributed by atoms with E-state index >= 15 is 0 Å². The molecular formula is C84H89F7N24O12S4. The molecule has 4 spiro atoms. The van der Waals surface area contributed by atoms with Gasteiger partial charge in [0.25, 0.3) is 6.43 Å². The number of halogens is 7. The Morgan fingerprint density at radius 3 is 0.847 bits per heavy atom. The number of primary sulfonamides is 4. The molecule has 0 saturated heterocycles. The highest BCUT2D eigenvalue weighted by Crippen LogP contribution is 2.51. The van der Waals surface area contributed by atoms with Gasteiger partial charge in [-0.3, -0.25) is 19.2 Å². The van der Waals surface area contributed by atoms with Crippen molar-refractivity contribution in [3.05, 3.63) is 169 Å². The Hall–Kier alpha value is -12.4. The molecule has 4 atom stereocenters. The minimum atomic E-state index is -4.67. The lowest BCUT2D eigenvalue weighted by atomic mass is 9.78. The molecule has 12 aromatic rings. The third-order valence-corrected chi connectivity index (χ3v) is 29.3. The van der Waals surface area contributed by atoms with Crippen molar-refractivity contribution in [2.45, 2.75) is 207 Å². The number of hydrogen-bond donors (Lipinski definition) is 12. The number of fused-ring (bicyclic) bond motifs is 16. The van der Waals surface area contributed by atoms with E-state index in [1.807, 2.05) is 21.3 Å². The smallest absolute Gasteiger partial charge is 0.343 e. The highest BCUT2D eigenvalue weighted by Gasteiger charge is 2.57. The average molecular weight is 1890 g/mol. The molecule has 4 aromatic carbocycles. The number of nitrogens with zero attached hydrogens (tertiary/aromatic N) is 12. The molecule has 4 amide bonds. The Morgan fingerprint density at radius 2 is 0.595 bits per heavy atom. The standard InChI is InChI=1S/C21H21F3N6O3S.C21H22F2N6O3S.2C21H23FN6O3S/c22-21(23,24)16-15-10-12-11-26-19(27-13-4-6-14(7-5-13)34(25,32)33)29-17(12)30(15)20(18(31)28-16)8-2-1-3-9-20;22-17(23)16-15-10-12-11-25-20(26-13-4-6-14(7-5-13)33(24,31)32)28-18(12)29(15)21(19(30)27-16)8-2-1-3-9-21;2*22-11-16-17-10-13-12-24-20(25-14-4-6-15(7-5-14)32(23,30)31)27-18(13)28(17)21(19(29)26-16)8-2-1-3-9-21/h4-7,10-11,16H,1-3,8-9H2,(H,28,31)(H2,25,32,33)(H,26,27,29);4-7,10-11,16-17H,1-3,8-9H2,(H,27,30)(H2,24,31,32)(H,25,26,28);2*4-7,10,12,16H,1-3,8-9,11H2,(H,26,29)(H2,23,30,31)(H,24,25,27). The summed E-state index contributed by atoms with van der Waals surface area (Å²) in [6, 6.07) is 24.8. The minimum Gasteiger partial charge on any atom is -0.343 e. The lowest BCUT2D eigenvalue weighted by Gasteiger charge is -2.44.